The lowest BCUT2D eigenvalue weighted by Crippen LogP contribution is -2.61. The van der Waals surface area contributed by atoms with Gasteiger partial charge in [-0.2, -0.15) is 9.75 Å². The van der Waals surface area contributed by atoms with E-state index >= 15 is 0 Å². The van der Waals surface area contributed by atoms with Crippen molar-refractivity contribution in [2.24, 2.45) is 52.5 Å². The van der Waals surface area contributed by atoms with E-state index in [1.165, 1.54) is 31.0 Å². The molecule has 28 heteroatoms. The molecule has 0 aliphatic carbocycles. The average molecular weight is 1380 g/mol. The molecule has 0 saturated carbocycles. The molecular formula is C69H120N8O20. The Bertz CT molecular complexity index is 2850. The topological polar surface area (TPSA) is 300 Å². The first-order valence-corrected chi connectivity index (χ1v) is 34.7. The standard InChI is InChI=1S/C36H62N4O10.C33H58N4O10/c1-16-25-36(10)29-21(4)26(40(44)34(7,8)38(13)39(29)33(43)50-36)19(2)18-35(9,46-15)30(22(5)27(41)23(6)31(42)48-25)49-32-28(45-14)24(37(11)12)17-20(3)47-32;1-14-23-33(8)27(37(34-9)31(40)47-33)19(4)24(35-41)17(2)16-32(7,43-13)28(20(5)25(38)21(6)29(39)45-23)46-30-26(42-12)22(36(10)11)15-18(3)44-30/h19-25,28-30,32H,16-18H2,1-15H3;17-23,26-28,30,34,41H,14-16H2,1-13H3/t19?,20?,21-,22?,23?,24?,25+,28?,29+,30?,32?,35?,36?;17?,18?,19?,20?,21?,22?,23-,26?,27?,28?,30?,32?,33?/m01/s1. The highest BCUT2D eigenvalue weighted by Crippen LogP contribution is 2.48. The van der Waals surface area contributed by atoms with Gasteiger partial charge in [0.2, 0.25) is 5.66 Å². The number of nitrogens with zero attached hydrogens (tertiary/aromatic N) is 7. The minimum atomic E-state index is -1.35. The zero-order valence-corrected chi connectivity index (χ0v) is 63.3. The first-order valence-electron chi connectivity index (χ1n) is 34.7. The number of hydroxylamine groups is 1. The summed E-state index contributed by atoms with van der Waals surface area (Å²) in [5.41, 5.74) is -2.44. The van der Waals surface area contributed by atoms with Crippen molar-refractivity contribution in [1.29, 1.82) is 0 Å². The number of oxime groups is 1. The van der Waals surface area contributed by atoms with Crippen molar-refractivity contribution in [3.8, 4) is 0 Å². The number of likely N-dealkylation sites (N-methyl/N-ethyl adjacent to an activating group) is 2. The summed E-state index contributed by atoms with van der Waals surface area (Å²) in [7, 11) is 17.5. The Hall–Kier alpha value is -4.72. The van der Waals surface area contributed by atoms with Gasteiger partial charge in [-0.25, -0.2) is 25.0 Å². The first kappa shape index (κ1) is 81.2. The van der Waals surface area contributed by atoms with Crippen LogP contribution in [0.2, 0.25) is 0 Å². The highest BCUT2D eigenvalue weighted by atomic mass is 16.7. The van der Waals surface area contributed by atoms with E-state index in [4.69, 9.17) is 56.8 Å². The number of carbonyl (C=O) groups is 6. The number of rotatable bonds is 13. The summed E-state index contributed by atoms with van der Waals surface area (Å²) in [6.07, 6.45) is -5.46. The molecule has 2 amide bonds. The molecule has 2 N–H and O–H groups in total. The van der Waals surface area contributed by atoms with Crippen LogP contribution in [0.15, 0.2) is 5.16 Å². The zero-order valence-electron chi connectivity index (χ0n) is 63.3. The highest BCUT2D eigenvalue weighted by Gasteiger charge is 2.67. The van der Waals surface area contributed by atoms with E-state index in [9.17, 15) is 39.2 Å². The molecule has 7 heterocycles. The first-order chi connectivity index (χ1) is 45.1. The van der Waals surface area contributed by atoms with Crippen molar-refractivity contribution in [1.82, 2.24) is 30.3 Å². The number of hydrogen-bond acceptors (Lipinski definition) is 25. The van der Waals surface area contributed by atoms with Crippen LogP contribution in [-0.2, 0) is 76.0 Å². The number of cyclic esters (lactones) is 2. The second-order valence-electron chi connectivity index (χ2n) is 30.2. The number of ether oxygens (including phenoxy) is 12. The van der Waals surface area contributed by atoms with Crippen LogP contribution in [0.4, 0.5) is 9.59 Å². The molecule has 7 rings (SSSR count). The smallest absolute Gasteiger partial charge is 0.425 e. The summed E-state index contributed by atoms with van der Waals surface area (Å²) in [5, 5.41) is 33.3. The lowest BCUT2D eigenvalue weighted by atomic mass is 9.73. The van der Waals surface area contributed by atoms with E-state index in [0.717, 1.165) is 4.74 Å². The third-order valence-corrected chi connectivity index (χ3v) is 22.9. The van der Waals surface area contributed by atoms with Gasteiger partial charge in [0.05, 0.1) is 47.2 Å². The minimum Gasteiger partial charge on any atom is -0.622 e. The van der Waals surface area contributed by atoms with E-state index in [-0.39, 0.29) is 37.1 Å². The molecule has 28 nitrogen and oxygen atoms in total. The molecular weight excluding hydrogens is 1260 g/mol. The molecule has 97 heavy (non-hydrogen) atoms. The number of carbonyl (C=O) groups excluding carboxylic acids is 6. The Morgan fingerprint density at radius 1 is 0.619 bits per heavy atom. The van der Waals surface area contributed by atoms with Gasteiger partial charge in [0.25, 0.3) is 0 Å². The Kier molecular flexibility index (Phi) is 26.5. The number of hydrogen-bond donors (Lipinski definition) is 2. The number of methoxy groups -OCH3 is 4. The third kappa shape index (κ3) is 15.4. The van der Waals surface area contributed by atoms with Crippen LogP contribution in [-0.4, -0.2) is 266 Å². The molecule has 2 bridgehead atoms. The Morgan fingerprint density at radius 2 is 1.02 bits per heavy atom. The van der Waals surface area contributed by atoms with Crippen LogP contribution < -0.4 is 5.43 Å². The van der Waals surface area contributed by atoms with E-state index in [1.807, 2.05) is 97.4 Å². The van der Waals surface area contributed by atoms with Crippen molar-refractivity contribution < 1.29 is 95.6 Å². The van der Waals surface area contributed by atoms with Crippen LogP contribution in [0.5, 0.6) is 0 Å². The van der Waals surface area contributed by atoms with E-state index in [1.54, 1.807) is 82.0 Å². The van der Waals surface area contributed by atoms with Crippen molar-refractivity contribution in [2.75, 3.05) is 70.7 Å². The van der Waals surface area contributed by atoms with Gasteiger partial charge in [0, 0.05) is 98.1 Å². The predicted octanol–water partition coefficient (Wildman–Crippen LogP) is 7.06. The largest absolute Gasteiger partial charge is 0.622 e. The monoisotopic (exact) mass is 1380 g/mol. The van der Waals surface area contributed by atoms with Crippen molar-refractivity contribution in [3.05, 3.63) is 5.21 Å². The molecule has 0 radical (unpaired) electrons. The maximum absolute atomic E-state index is 14.6. The van der Waals surface area contributed by atoms with Gasteiger partial charge in [0.15, 0.2) is 41.1 Å². The molecule has 22 unspecified atom stereocenters. The maximum atomic E-state index is 14.6. The van der Waals surface area contributed by atoms with Crippen molar-refractivity contribution in [3.63, 3.8) is 0 Å². The summed E-state index contributed by atoms with van der Waals surface area (Å²) >= 11 is 0. The number of amides is 2. The molecule has 0 spiro atoms. The van der Waals surface area contributed by atoms with Crippen LogP contribution in [0.3, 0.4) is 0 Å². The molecule has 0 aromatic heterocycles. The summed E-state index contributed by atoms with van der Waals surface area (Å²) in [6.45, 7) is 32.4. The van der Waals surface area contributed by atoms with Gasteiger partial charge in [-0.15, -0.1) is 0 Å². The number of esters is 2. The maximum Gasteiger partial charge on any atom is 0.425 e. The average Bonchev–Trinajstić information content (AvgIpc) is 1.57. The fourth-order valence-electron chi connectivity index (χ4n) is 17.0. The molecule has 556 valence electrons. The number of Topliss-reactive ketones (excluding diaryl/α,β-unsaturated/α-hetero) is 2. The number of nitrogens with one attached hydrogen (secondary N) is 1. The van der Waals surface area contributed by atoms with Gasteiger partial charge in [-0.3, -0.25) is 19.2 Å². The van der Waals surface area contributed by atoms with E-state index in [0.29, 0.717) is 37.1 Å². The molecule has 0 aromatic carbocycles. The lowest BCUT2D eigenvalue weighted by Gasteiger charge is -2.48. The molecule has 6 fully saturated rings. The minimum absolute atomic E-state index is 0.0272. The van der Waals surface area contributed by atoms with Crippen LogP contribution in [0, 0.1) is 52.6 Å². The number of hydrazine groups is 2. The summed E-state index contributed by atoms with van der Waals surface area (Å²) in [4.78, 5) is 87.2. The SMILES string of the molecule is CC[C@H]1OC(=O)C(C)C(=O)C(C)C(OC2OC(C)CC(N(C)C)C2OC)C(C)(OC)CC(C)C(=NO)C(C)C2N(NC)C(=O)OC21C.CC[C@H]1OC(=O)C(C)C(=O)C(C)C(OC2OC(C)CC(N(C)C)C2OC)C(C)(OC)CC(C)C2=[N+]([O-])C(C)(C)N(C)N3C(=O)OC1(C)[C@H]3[C@H]2C. The molecule has 7 aliphatic heterocycles. The van der Waals surface area contributed by atoms with Gasteiger partial charge < -0.3 is 77.1 Å². The quantitative estimate of drug-likeness (QED) is 0.0354. The summed E-state index contributed by atoms with van der Waals surface area (Å²) in [5.74, 6) is -8.36. The number of fused-ring (bicyclic) bond motifs is 2. The Labute approximate surface area is 576 Å². The fraction of sp³-hybridized carbons (Fsp3) is 0.884. The third-order valence-electron chi connectivity index (χ3n) is 22.9. The van der Waals surface area contributed by atoms with Crippen molar-refractivity contribution in [2.45, 2.75) is 277 Å². The molecule has 6 saturated heterocycles. The molecule has 7 aliphatic rings. The van der Waals surface area contributed by atoms with Crippen molar-refractivity contribution >= 4 is 47.1 Å². The van der Waals surface area contributed by atoms with E-state index < -0.39 is 172 Å². The summed E-state index contributed by atoms with van der Waals surface area (Å²) in [6, 6.07) is -1.53. The zero-order chi connectivity index (χ0) is 73.4. The predicted molar refractivity (Wildman–Crippen MR) is 358 cm³/mol. The number of ketones is 2. The molecule has 0 aromatic rings. The second-order valence-corrected chi connectivity index (χ2v) is 30.2. The highest BCUT2D eigenvalue weighted by molar-refractivity contribution is 6.01. The van der Waals surface area contributed by atoms with Gasteiger partial charge in [0.1, 0.15) is 48.3 Å². The van der Waals surface area contributed by atoms with Gasteiger partial charge in [-0.05, 0) is 122 Å². The van der Waals surface area contributed by atoms with Crippen LogP contribution in [0.25, 0.3) is 0 Å². The van der Waals surface area contributed by atoms with Crippen LogP contribution >= 0.6 is 0 Å². The molecule has 26 atom stereocenters. The fourth-order valence-corrected chi connectivity index (χ4v) is 17.0. The lowest BCUT2D eigenvalue weighted by molar-refractivity contribution is -0.583. The van der Waals surface area contributed by atoms with E-state index in [2.05, 4.69) is 20.4 Å². The van der Waals surface area contributed by atoms with Gasteiger partial charge >= 0.3 is 24.1 Å². The van der Waals surface area contributed by atoms with Crippen LogP contribution in [0.1, 0.15) is 163 Å². The Balaban J connectivity index is 0.000000307. The second kappa shape index (κ2) is 31.7. The van der Waals surface area contributed by atoms with Gasteiger partial charge in [-0.1, -0.05) is 60.5 Å². The normalized spacial score (nSPS) is 43.4. The Morgan fingerprint density at radius 3 is 1.39 bits per heavy atom. The summed E-state index contributed by atoms with van der Waals surface area (Å²) < 4.78 is 75.9.